The molecule has 2 aromatic heterocycles. The molecule has 1 saturated heterocycles. The molecule has 0 spiro atoms. The highest BCUT2D eigenvalue weighted by atomic mass is 32.1. The number of hydrogen-bond donors (Lipinski definition) is 0. The summed E-state index contributed by atoms with van der Waals surface area (Å²) in [5, 5.41) is 14.7. The fraction of sp³-hybridized carbons (Fsp3) is 0.538. The van der Waals surface area contributed by atoms with Crippen molar-refractivity contribution in [1.29, 1.82) is 5.26 Å². The summed E-state index contributed by atoms with van der Waals surface area (Å²) in [5.41, 5.74) is 4.86. The molecule has 0 atom stereocenters. The molecule has 31 heavy (non-hydrogen) atoms. The smallest absolute Gasteiger partial charge is 0.170 e. The van der Waals surface area contributed by atoms with Crippen molar-refractivity contribution in [2.45, 2.75) is 64.8 Å². The fourth-order valence-corrected chi connectivity index (χ4v) is 5.81. The van der Waals surface area contributed by atoms with Crippen LogP contribution in [0.15, 0.2) is 28.8 Å². The van der Waals surface area contributed by atoms with Gasteiger partial charge < -0.3 is 4.52 Å². The Morgan fingerprint density at radius 1 is 1.06 bits per heavy atom. The first kappa shape index (κ1) is 20.7. The van der Waals surface area contributed by atoms with Crippen LogP contribution in [-0.2, 0) is 19.4 Å². The highest BCUT2D eigenvalue weighted by Crippen LogP contribution is 2.35. The zero-order valence-electron chi connectivity index (χ0n) is 18.4. The zero-order chi connectivity index (χ0) is 21.2. The summed E-state index contributed by atoms with van der Waals surface area (Å²) in [6.45, 7) is 5.47. The lowest BCUT2D eigenvalue weighted by molar-refractivity contribution is 0.173. The SMILES string of the molecule is Cc1c(CCC2CC2)ccc2c(CCC3CCN(Cc4ccc(C#N)s4)CC3)noc12. The number of piperidine rings is 1. The van der Waals surface area contributed by atoms with Crippen LogP contribution in [0.4, 0.5) is 0 Å². The predicted molar refractivity (Wildman–Crippen MR) is 125 cm³/mol. The number of aromatic nitrogens is 1. The van der Waals surface area contributed by atoms with Crippen LogP contribution >= 0.6 is 11.3 Å². The van der Waals surface area contributed by atoms with Gasteiger partial charge in [0, 0.05) is 16.8 Å². The van der Waals surface area contributed by atoms with Crippen molar-refractivity contribution in [1.82, 2.24) is 10.1 Å². The molecule has 2 aliphatic rings. The second-order valence-corrected chi connectivity index (χ2v) is 10.6. The largest absolute Gasteiger partial charge is 0.356 e. The third kappa shape index (κ3) is 4.86. The van der Waals surface area contributed by atoms with E-state index < -0.39 is 0 Å². The summed E-state index contributed by atoms with van der Waals surface area (Å²) in [4.78, 5) is 4.65. The molecule has 3 heterocycles. The third-order valence-electron chi connectivity index (χ3n) is 7.24. The summed E-state index contributed by atoms with van der Waals surface area (Å²) < 4.78 is 5.80. The maximum Gasteiger partial charge on any atom is 0.170 e. The molecule has 162 valence electrons. The van der Waals surface area contributed by atoms with E-state index in [4.69, 9.17) is 9.78 Å². The second-order valence-electron chi connectivity index (χ2n) is 9.47. The average molecular weight is 434 g/mol. The van der Waals surface area contributed by atoms with Crippen LogP contribution in [0.25, 0.3) is 11.0 Å². The number of thiophene rings is 1. The number of nitriles is 1. The van der Waals surface area contributed by atoms with Gasteiger partial charge in [-0.25, -0.2) is 0 Å². The molecule has 0 N–H and O–H groups in total. The van der Waals surface area contributed by atoms with Crippen molar-refractivity contribution in [3.8, 4) is 6.07 Å². The maximum absolute atomic E-state index is 9.00. The number of fused-ring (bicyclic) bond motifs is 1. The van der Waals surface area contributed by atoms with E-state index in [-0.39, 0.29) is 0 Å². The summed E-state index contributed by atoms with van der Waals surface area (Å²) in [7, 11) is 0. The predicted octanol–water partition coefficient (Wildman–Crippen LogP) is 6.26. The average Bonchev–Trinajstić information content (AvgIpc) is 3.35. The molecule has 0 amide bonds. The molecule has 0 unspecified atom stereocenters. The van der Waals surface area contributed by atoms with E-state index in [2.05, 4.69) is 41.2 Å². The topological polar surface area (TPSA) is 53.1 Å². The Balaban J connectivity index is 1.13. The summed E-state index contributed by atoms with van der Waals surface area (Å²) in [6, 6.07) is 10.8. The van der Waals surface area contributed by atoms with Gasteiger partial charge in [0.1, 0.15) is 10.9 Å². The minimum Gasteiger partial charge on any atom is -0.356 e. The van der Waals surface area contributed by atoms with E-state index >= 15 is 0 Å². The lowest BCUT2D eigenvalue weighted by Crippen LogP contribution is -2.33. The molecule has 5 heteroatoms. The number of benzene rings is 1. The monoisotopic (exact) mass is 433 g/mol. The first-order valence-corrected chi connectivity index (χ1v) is 12.6. The highest BCUT2D eigenvalue weighted by Gasteiger charge is 2.23. The minimum atomic E-state index is 0.764. The van der Waals surface area contributed by atoms with Gasteiger partial charge in [-0.3, -0.25) is 4.90 Å². The van der Waals surface area contributed by atoms with Crippen molar-refractivity contribution in [2.75, 3.05) is 13.1 Å². The number of rotatable bonds is 8. The first-order valence-electron chi connectivity index (χ1n) is 11.8. The summed E-state index contributed by atoms with van der Waals surface area (Å²) >= 11 is 1.62. The number of aryl methyl sites for hydroxylation is 3. The Bertz CT molecular complexity index is 1080. The van der Waals surface area contributed by atoms with E-state index in [1.165, 1.54) is 66.3 Å². The van der Waals surface area contributed by atoms with Gasteiger partial charge in [0.05, 0.1) is 5.69 Å². The molecule has 0 radical (unpaired) electrons. The van der Waals surface area contributed by atoms with Gasteiger partial charge in [0.15, 0.2) is 5.58 Å². The quantitative estimate of drug-likeness (QED) is 0.421. The van der Waals surface area contributed by atoms with Crippen LogP contribution in [0.5, 0.6) is 0 Å². The van der Waals surface area contributed by atoms with Crippen LogP contribution < -0.4 is 0 Å². The molecule has 1 saturated carbocycles. The summed E-state index contributed by atoms with van der Waals surface area (Å²) in [6.07, 6.45) is 10.0. The Hall–Kier alpha value is -2.16. The maximum atomic E-state index is 9.00. The van der Waals surface area contributed by atoms with Crippen molar-refractivity contribution in [2.24, 2.45) is 11.8 Å². The van der Waals surface area contributed by atoms with E-state index in [9.17, 15) is 0 Å². The van der Waals surface area contributed by atoms with Crippen LogP contribution in [0.3, 0.4) is 0 Å². The second kappa shape index (κ2) is 9.14. The van der Waals surface area contributed by atoms with E-state index in [1.54, 1.807) is 11.3 Å². The molecular formula is C26H31N3OS. The Morgan fingerprint density at radius 3 is 2.58 bits per heavy atom. The minimum absolute atomic E-state index is 0.764. The number of hydrogen-bond acceptors (Lipinski definition) is 5. The highest BCUT2D eigenvalue weighted by molar-refractivity contribution is 7.12. The fourth-order valence-electron chi connectivity index (χ4n) is 4.96. The van der Waals surface area contributed by atoms with Gasteiger partial charge in [0.2, 0.25) is 0 Å². The molecule has 1 aliphatic heterocycles. The van der Waals surface area contributed by atoms with Crippen molar-refractivity contribution in [3.63, 3.8) is 0 Å². The first-order chi connectivity index (χ1) is 15.2. The van der Waals surface area contributed by atoms with Gasteiger partial charge in [-0.2, -0.15) is 5.26 Å². The van der Waals surface area contributed by atoms with Gasteiger partial charge in [-0.15, -0.1) is 11.3 Å². The molecular weight excluding hydrogens is 402 g/mol. The lowest BCUT2D eigenvalue weighted by atomic mass is 9.91. The van der Waals surface area contributed by atoms with Crippen molar-refractivity contribution < 1.29 is 4.52 Å². The molecule has 0 bridgehead atoms. The van der Waals surface area contributed by atoms with E-state index in [0.717, 1.165) is 54.0 Å². The van der Waals surface area contributed by atoms with Gasteiger partial charge in [0.25, 0.3) is 0 Å². The Kier molecular flexibility index (Phi) is 6.11. The molecule has 2 fully saturated rings. The van der Waals surface area contributed by atoms with E-state index in [1.807, 2.05) is 6.07 Å². The number of nitrogens with zero attached hydrogens (tertiary/aromatic N) is 3. The van der Waals surface area contributed by atoms with Gasteiger partial charge in [-0.1, -0.05) is 24.1 Å². The van der Waals surface area contributed by atoms with Crippen LogP contribution in [0.2, 0.25) is 0 Å². The van der Waals surface area contributed by atoms with Crippen LogP contribution in [0.1, 0.15) is 65.1 Å². The Morgan fingerprint density at radius 2 is 1.84 bits per heavy atom. The van der Waals surface area contributed by atoms with Crippen molar-refractivity contribution in [3.05, 3.63) is 50.8 Å². The van der Waals surface area contributed by atoms with Crippen LogP contribution in [0, 0.1) is 30.1 Å². The van der Waals surface area contributed by atoms with Crippen molar-refractivity contribution >= 4 is 22.3 Å². The molecule has 1 aromatic carbocycles. The standard InChI is InChI=1S/C26H31N3OS/c1-18-21(6-4-19-2-3-19)7-10-24-25(28-30-26(18)24)11-5-20-12-14-29(15-13-20)17-23-9-8-22(16-27)31-23/h7-10,19-20H,2-6,11-15,17H2,1H3. The molecule has 3 aromatic rings. The Labute approximate surface area is 188 Å². The van der Waals surface area contributed by atoms with Gasteiger partial charge >= 0.3 is 0 Å². The summed E-state index contributed by atoms with van der Waals surface area (Å²) in [5.74, 6) is 1.73. The normalized spacial score (nSPS) is 17.9. The van der Waals surface area contributed by atoms with Gasteiger partial charge in [-0.05, 0) is 99.7 Å². The number of likely N-dealkylation sites (tertiary alicyclic amines) is 1. The molecule has 1 aliphatic carbocycles. The lowest BCUT2D eigenvalue weighted by Gasteiger charge is -2.31. The zero-order valence-corrected chi connectivity index (χ0v) is 19.2. The molecule has 4 nitrogen and oxygen atoms in total. The molecule has 5 rings (SSSR count). The van der Waals surface area contributed by atoms with E-state index in [0.29, 0.717) is 0 Å². The third-order valence-corrected chi connectivity index (χ3v) is 8.22. The van der Waals surface area contributed by atoms with Crippen LogP contribution in [-0.4, -0.2) is 23.1 Å².